The number of anilines is 2. The number of fused-ring (bicyclic) bond motifs is 2. The molecule has 1 amide bonds. The van der Waals surface area contributed by atoms with E-state index in [0.717, 1.165) is 29.7 Å². The molecule has 0 aliphatic carbocycles. The van der Waals surface area contributed by atoms with Crippen molar-refractivity contribution in [3.63, 3.8) is 0 Å². The maximum atomic E-state index is 14.2. The molecule has 2 aromatic heterocycles. The smallest absolute Gasteiger partial charge is 0.280 e. The molecule has 0 aromatic carbocycles. The van der Waals surface area contributed by atoms with Crippen LogP contribution in [0.1, 0.15) is 54.8 Å². The van der Waals surface area contributed by atoms with Gasteiger partial charge in [-0.1, -0.05) is 19.9 Å². The third kappa shape index (κ3) is 7.58. The van der Waals surface area contributed by atoms with Gasteiger partial charge in [-0.3, -0.25) is 15.1 Å². The molecule has 11 heteroatoms. The van der Waals surface area contributed by atoms with Gasteiger partial charge in [0.15, 0.2) is 0 Å². The van der Waals surface area contributed by atoms with Crippen molar-refractivity contribution in [3.8, 4) is 0 Å². The predicted molar refractivity (Wildman–Crippen MR) is 158 cm³/mol. The number of methoxy groups -OCH3 is 1. The zero-order valence-corrected chi connectivity index (χ0v) is 24.9. The molecule has 0 unspecified atom stereocenters. The Kier molecular flexibility index (Phi) is 12.0. The molecule has 0 atom stereocenters. The molecule has 0 saturated carbocycles. The first-order chi connectivity index (χ1) is 19.7. The molecule has 1 spiro atoms. The molecule has 0 radical (unpaired) electrons. The van der Waals surface area contributed by atoms with E-state index < -0.39 is 12.0 Å². The molecule has 2 aliphatic rings. The summed E-state index contributed by atoms with van der Waals surface area (Å²) in [7, 11) is 3.25. The van der Waals surface area contributed by atoms with Crippen LogP contribution in [-0.4, -0.2) is 81.0 Å². The summed E-state index contributed by atoms with van der Waals surface area (Å²) in [5, 5.41) is 6.54. The fourth-order valence-corrected chi connectivity index (χ4v) is 5.43. The Morgan fingerprint density at radius 2 is 2.07 bits per heavy atom. The lowest BCUT2D eigenvalue weighted by atomic mass is 9.80. The molecule has 1 saturated heterocycles. The molecule has 226 valence electrons. The first-order valence-corrected chi connectivity index (χ1v) is 14.2. The number of ether oxygens (including phenoxy) is 2. The van der Waals surface area contributed by atoms with E-state index in [1.807, 2.05) is 37.1 Å². The summed E-state index contributed by atoms with van der Waals surface area (Å²) < 4.78 is 38.9. The van der Waals surface area contributed by atoms with Crippen LogP contribution in [0.5, 0.6) is 0 Å². The molecule has 2 aliphatic heterocycles. The highest BCUT2D eigenvalue weighted by molar-refractivity contribution is 5.86. The van der Waals surface area contributed by atoms with Gasteiger partial charge in [0.25, 0.3) is 6.43 Å². The molecular weight excluding hydrogens is 530 g/mol. The first kappa shape index (κ1) is 32.4. The fraction of sp³-hybridized carbons (Fsp3) is 0.567. The summed E-state index contributed by atoms with van der Waals surface area (Å²) in [5.74, 6) is 0.398. The van der Waals surface area contributed by atoms with E-state index in [0.29, 0.717) is 69.5 Å². The largest absolute Gasteiger partial charge is 0.388 e. The standard InChI is InChI=1S/C28H38F2N6O2.C2H6O/c1-5-8-20-22(33-18-31-12-13-35(7-3)24(37)6-2)15-23(34-26(20)27(29)30)36-16-28(17-36)25-19(4)9-11-32-21(25)10-14-38-28;1-3-2/h6,9,11,15,27,31H,2,5,7-8,10,12-14,16-18H2,1,3-4H3,(H,33,34);1-2H3. The van der Waals surface area contributed by atoms with Crippen molar-refractivity contribution in [1.82, 2.24) is 20.2 Å². The second kappa shape index (κ2) is 15.2. The SMILES string of the molecule is C=CC(=O)N(CC)CCNCNc1cc(N2CC3(C2)OCCc2nccc(C)c23)nc(C(F)F)c1CCC.COC. The predicted octanol–water partition coefficient (Wildman–Crippen LogP) is 4.22. The summed E-state index contributed by atoms with van der Waals surface area (Å²) >= 11 is 0. The zero-order valence-electron chi connectivity index (χ0n) is 24.9. The van der Waals surface area contributed by atoms with Gasteiger partial charge in [-0.25, -0.2) is 13.8 Å². The summed E-state index contributed by atoms with van der Waals surface area (Å²) in [6, 6.07) is 3.86. The Morgan fingerprint density at radius 1 is 1.34 bits per heavy atom. The van der Waals surface area contributed by atoms with Gasteiger partial charge in [-0.05, 0) is 38.0 Å². The number of hydrogen-bond acceptors (Lipinski definition) is 8. The summed E-state index contributed by atoms with van der Waals surface area (Å²) in [6.45, 7) is 13.2. The van der Waals surface area contributed by atoms with Crippen molar-refractivity contribution < 1.29 is 23.0 Å². The molecule has 4 rings (SSSR count). The van der Waals surface area contributed by atoms with E-state index in [-0.39, 0.29) is 11.6 Å². The van der Waals surface area contributed by atoms with Crippen molar-refractivity contribution in [3.05, 3.63) is 59.1 Å². The minimum Gasteiger partial charge on any atom is -0.388 e. The van der Waals surface area contributed by atoms with Gasteiger partial charge in [0.05, 0.1) is 26.4 Å². The van der Waals surface area contributed by atoms with Gasteiger partial charge in [-0.15, -0.1) is 0 Å². The Hall–Kier alpha value is -3.15. The zero-order chi connectivity index (χ0) is 30.0. The number of carbonyl (C=O) groups is 1. The molecule has 1 fully saturated rings. The average Bonchev–Trinajstić information content (AvgIpc) is 2.94. The monoisotopic (exact) mass is 574 g/mol. The number of alkyl halides is 2. The van der Waals surface area contributed by atoms with Crippen molar-refractivity contribution >= 4 is 17.4 Å². The van der Waals surface area contributed by atoms with Crippen LogP contribution in [0, 0.1) is 6.92 Å². The normalized spacial score (nSPS) is 15.1. The summed E-state index contributed by atoms with van der Waals surface area (Å²) in [4.78, 5) is 24.5. The number of carbonyl (C=O) groups excluding carboxylic acids is 1. The highest BCUT2D eigenvalue weighted by Crippen LogP contribution is 2.44. The maximum Gasteiger partial charge on any atom is 0.280 e. The van der Waals surface area contributed by atoms with Crippen molar-refractivity contribution in [2.24, 2.45) is 0 Å². The molecule has 4 heterocycles. The number of aromatic nitrogens is 2. The van der Waals surface area contributed by atoms with Crippen LogP contribution in [-0.2, 0) is 32.7 Å². The Labute approximate surface area is 242 Å². The van der Waals surface area contributed by atoms with Crippen LogP contribution in [0.15, 0.2) is 31.0 Å². The second-order valence-corrected chi connectivity index (χ2v) is 10.2. The van der Waals surface area contributed by atoms with Gasteiger partial charge in [0.2, 0.25) is 5.91 Å². The summed E-state index contributed by atoms with van der Waals surface area (Å²) in [5.41, 5.74) is 3.85. The molecule has 0 bridgehead atoms. The highest BCUT2D eigenvalue weighted by atomic mass is 19.3. The topological polar surface area (TPSA) is 91.9 Å². The Morgan fingerprint density at radius 3 is 2.71 bits per heavy atom. The molecule has 2 aromatic rings. The molecule has 41 heavy (non-hydrogen) atoms. The summed E-state index contributed by atoms with van der Waals surface area (Å²) in [6.07, 6.45) is 2.45. The van der Waals surface area contributed by atoms with E-state index in [1.54, 1.807) is 19.1 Å². The lowest BCUT2D eigenvalue weighted by molar-refractivity contribution is -0.125. The Balaban J connectivity index is 0.00000147. The van der Waals surface area contributed by atoms with Crippen LogP contribution in [0.4, 0.5) is 20.3 Å². The Bertz CT molecular complexity index is 1170. The number of nitrogens with one attached hydrogen (secondary N) is 2. The quantitative estimate of drug-likeness (QED) is 0.221. The minimum atomic E-state index is -2.68. The number of amides is 1. The van der Waals surface area contributed by atoms with Crippen LogP contribution in [0.25, 0.3) is 0 Å². The maximum absolute atomic E-state index is 14.2. The third-order valence-corrected chi connectivity index (χ3v) is 7.31. The number of halogens is 2. The molecule has 2 N–H and O–H groups in total. The molecular formula is C30H44F2N6O3. The van der Waals surface area contributed by atoms with Gasteiger partial charge in [0.1, 0.15) is 17.1 Å². The molecule has 9 nitrogen and oxygen atoms in total. The van der Waals surface area contributed by atoms with Crippen LogP contribution in [0.2, 0.25) is 0 Å². The van der Waals surface area contributed by atoms with E-state index in [9.17, 15) is 13.6 Å². The van der Waals surface area contributed by atoms with Gasteiger partial charge in [0, 0.05) is 75.0 Å². The van der Waals surface area contributed by atoms with Crippen molar-refractivity contribution in [1.29, 1.82) is 0 Å². The van der Waals surface area contributed by atoms with Crippen molar-refractivity contribution in [2.75, 3.05) is 70.4 Å². The number of nitrogens with zero attached hydrogens (tertiary/aromatic N) is 4. The van der Waals surface area contributed by atoms with E-state index in [4.69, 9.17) is 4.74 Å². The lowest BCUT2D eigenvalue weighted by Crippen LogP contribution is -2.63. The number of rotatable bonds is 12. The third-order valence-electron chi connectivity index (χ3n) is 7.31. The number of hydrogen-bond donors (Lipinski definition) is 2. The highest BCUT2D eigenvalue weighted by Gasteiger charge is 2.50. The van der Waals surface area contributed by atoms with Gasteiger partial charge in [-0.2, -0.15) is 0 Å². The second-order valence-electron chi connectivity index (χ2n) is 10.2. The van der Waals surface area contributed by atoms with Crippen LogP contribution in [0.3, 0.4) is 0 Å². The van der Waals surface area contributed by atoms with E-state index in [1.165, 1.54) is 6.08 Å². The lowest BCUT2D eigenvalue weighted by Gasteiger charge is -2.53. The number of pyridine rings is 2. The van der Waals surface area contributed by atoms with Crippen molar-refractivity contribution in [2.45, 2.75) is 52.1 Å². The fourth-order valence-electron chi connectivity index (χ4n) is 5.43. The van der Waals surface area contributed by atoms with E-state index >= 15 is 0 Å². The van der Waals surface area contributed by atoms with Crippen LogP contribution >= 0.6 is 0 Å². The van der Waals surface area contributed by atoms with Crippen LogP contribution < -0.4 is 15.5 Å². The van der Waals surface area contributed by atoms with Gasteiger partial charge < -0.3 is 24.6 Å². The first-order valence-electron chi connectivity index (χ1n) is 14.2. The average molecular weight is 575 g/mol. The van der Waals surface area contributed by atoms with Gasteiger partial charge >= 0.3 is 0 Å². The van der Waals surface area contributed by atoms with E-state index in [2.05, 4.69) is 38.8 Å². The number of aryl methyl sites for hydroxylation is 1. The number of likely N-dealkylation sites (N-methyl/N-ethyl adjacent to an activating group) is 1. The minimum absolute atomic E-state index is 0.115.